The summed E-state index contributed by atoms with van der Waals surface area (Å²) in [5, 5.41) is 8.44. The number of halogens is 4. The van der Waals surface area contributed by atoms with Crippen LogP contribution in [0, 0.1) is 0 Å². The summed E-state index contributed by atoms with van der Waals surface area (Å²) >= 11 is 5.64. The van der Waals surface area contributed by atoms with Crippen molar-refractivity contribution in [2.45, 2.75) is 6.18 Å². The molecule has 2 aromatic heterocycles. The predicted octanol–water partition coefficient (Wildman–Crippen LogP) is 4.91. The van der Waals surface area contributed by atoms with E-state index in [0.29, 0.717) is 34.4 Å². The molecule has 1 aliphatic heterocycles. The molecule has 0 spiro atoms. The Kier molecular flexibility index (Phi) is 8.92. The molecule has 14 heteroatoms. The van der Waals surface area contributed by atoms with Crippen LogP contribution in [0.25, 0.3) is 16.6 Å². The molecule has 4 aromatic rings. The van der Waals surface area contributed by atoms with Gasteiger partial charge < -0.3 is 25.4 Å². The number of hydrogen-bond donors (Lipinski definition) is 4. The monoisotopic (exact) mass is 601 g/mol. The maximum atomic E-state index is 13.1. The number of fused-ring (bicyclic) bond motifs is 1. The summed E-state index contributed by atoms with van der Waals surface area (Å²) in [7, 11) is 0. The van der Waals surface area contributed by atoms with E-state index >= 15 is 0 Å². The minimum Gasteiger partial charge on any atom is -0.367 e. The van der Waals surface area contributed by atoms with Crippen LogP contribution in [0.1, 0.15) is 15.9 Å². The Morgan fingerprint density at radius 2 is 1.74 bits per heavy atom. The van der Waals surface area contributed by atoms with Crippen LogP contribution in [-0.2, 0) is 11.0 Å². The molecule has 0 radical (unpaired) electrons. The van der Waals surface area contributed by atoms with Crippen LogP contribution in [0.15, 0.2) is 67.1 Å². The fourth-order valence-electron chi connectivity index (χ4n) is 4.58. The van der Waals surface area contributed by atoms with Crippen molar-refractivity contribution in [3.05, 3.63) is 83.3 Å². The third-order valence-electron chi connectivity index (χ3n) is 6.67. The molecule has 4 N–H and O–H groups in total. The zero-order chi connectivity index (χ0) is 29.7. The number of carbonyl (C=O) groups is 2. The van der Waals surface area contributed by atoms with Gasteiger partial charge in [-0.25, -0.2) is 9.59 Å². The quantitative estimate of drug-likeness (QED) is 0.168. The summed E-state index contributed by atoms with van der Waals surface area (Å²) < 4.78 is 41.1. The van der Waals surface area contributed by atoms with Crippen LogP contribution in [0.4, 0.5) is 29.3 Å². The molecule has 220 valence electrons. The summed E-state index contributed by atoms with van der Waals surface area (Å²) in [5.74, 6) is -0.531. The predicted molar refractivity (Wildman–Crippen MR) is 153 cm³/mol. The maximum absolute atomic E-state index is 13.1. The molecule has 10 nitrogen and oxygen atoms in total. The number of carbonyl (C=O) groups excluding carboxylic acids is 2. The molecule has 0 bridgehead atoms. The lowest BCUT2D eigenvalue weighted by Crippen LogP contribution is -2.45. The largest absolute Gasteiger partial charge is 0.417 e. The lowest BCUT2D eigenvalue weighted by molar-refractivity contribution is -0.137. The molecule has 0 aliphatic carbocycles. The Balaban J connectivity index is 1.23. The molecule has 0 saturated carbocycles. The molecule has 0 atom stereocenters. The van der Waals surface area contributed by atoms with Crippen LogP contribution in [0.5, 0.6) is 0 Å². The van der Waals surface area contributed by atoms with Crippen LogP contribution < -0.4 is 21.4 Å². The van der Waals surface area contributed by atoms with Gasteiger partial charge in [0, 0.05) is 74.1 Å². The van der Waals surface area contributed by atoms with Crippen molar-refractivity contribution < 1.29 is 27.6 Å². The second-order valence-corrected chi connectivity index (χ2v) is 9.91. The van der Waals surface area contributed by atoms with E-state index < -0.39 is 28.8 Å². The summed E-state index contributed by atoms with van der Waals surface area (Å²) in [6.45, 7) is 5.02. The van der Waals surface area contributed by atoms with Gasteiger partial charge in [-0.2, -0.15) is 18.7 Å². The van der Waals surface area contributed by atoms with Crippen molar-refractivity contribution in [3.63, 3.8) is 0 Å². The molecule has 2 amide bonds. The number of benzene rings is 2. The Morgan fingerprint density at radius 3 is 2.48 bits per heavy atom. The van der Waals surface area contributed by atoms with Gasteiger partial charge in [-0.3, -0.25) is 9.88 Å². The fraction of sp³-hybridized carbons (Fsp3) is 0.250. The van der Waals surface area contributed by atoms with Crippen LogP contribution >= 0.6 is 11.6 Å². The van der Waals surface area contributed by atoms with Crippen molar-refractivity contribution in [2.24, 2.45) is 0 Å². The maximum Gasteiger partial charge on any atom is 0.417 e. The zero-order valence-electron chi connectivity index (χ0n) is 22.2. The second-order valence-electron chi connectivity index (χ2n) is 9.50. The van der Waals surface area contributed by atoms with E-state index in [4.69, 9.17) is 16.4 Å². The first-order valence-corrected chi connectivity index (χ1v) is 13.4. The number of nitrogens with zero attached hydrogens (tertiary/aromatic N) is 3. The highest BCUT2D eigenvalue weighted by Gasteiger charge is 2.33. The Hall–Kier alpha value is -4.17. The minimum atomic E-state index is -4.66. The number of rotatable bonds is 8. The van der Waals surface area contributed by atoms with E-state index in [2.05, 4.69) is 31.3 Å². The number of pyridine rings is 1. The van der Waals surface area contributed by atoms with Gasteiger partial charge in [0.25, 0.3) is 0 Å². The first kappa shape index (κ1) is 29.3. The van der Waals surface area contributed by atoms with Gasteiger partial charge in [0.1, 0.15) is 0 Å². The molecule has 1 aliphatic rings. The van der Waals surface area contributed by atoms with E-state index in [9.17, 15) is 22.8 Å². The molecular weight excluding hydrogens is 575 g/mol. The van der Waals surface area contributed by atoms with Gasteiger partial charge >= 0.3 is 18.2 Å². The van der Waals surface area contributed by atoms with Gasteiger partial charge in [0.15, 0.2) is 0 Å². The van der Waals surface area contributed by atoms with Crippen LogP contribution in [0.3, 0.4) is 0 Å². The third kappa shape index (κ3) is 6.99. The number of piperazine rings is 1. The number of nitrogens with one attached hydrogen (secondary N) is 4. The van der Waals surface area contributed by atoms with Gasteiger partial charge in [0.2, 0.25) is 0 Å². The minimum absolute atomic E-state index is 0.0649. The smallest absolute Gasteiger partial charge is 0.367 e. The van der Waals surface area contributed by atoms with E-state index in [1.807, 2.05) is 0 Å². The number of urea groups is 1. The molecule has 42 heavy (non-hydrogen) atoms. The summed E-state index contributed by atoms with van der Waals surface area (Å²) in [5.41, 5.74) is 3.74. The number of alkyl halides is 3. The van der Waals surface area contributed by atoms with Crippen LogP contribution in [-0.4, -0.2) is 65.7 Å². The average molecular weight is 602 g/mol. The lowest BCUT2D eigenvalue weighted by atomic mass is 10.2. The SMILES string of the molecule is O=C(Nc1ccc(-n2cc(C(=O)ONCCN3CCNCC3)c3ccncc32)cc1)Nc1ccc(Cl)c(C(F)(F)F)c1. The third-order valence-corrected chi connectivity index (χ3v) is 6.99. The normalized spacial score (nSPS) is 14.1. The summed E-state index contributed by atoms with van der Waals surface area (Å²) in [6, 6.07) is 10.8. The highest BCUT2D eigenvalue weighted by molar-refractivity contribution is 6.31. The molecule has 0 unspecified atom stereocenters. The highest BCUT2D eigenvalue weighted by atomic mass is 35.5. The Labute approximate surface area is 243 Å². The zero-order valence-corrected chi connectivity index (χ0v) is 22.9. The summed E-state index contributed by atoms with van der Waals surface area (Å²) in [4.78, 5) is 37.1. The van der Waals surface area contributed by atoms with Crippen molar-refractivity contribution in [1.29, 1.82) is 0 Å². The first-order valence-electron chi connectivity index (χ1n) is 13.1. The molecule has 1 fully saturated rings. The van der Waals surface area contributed by atoms with Crippen molar-refractivity contribution >= 4 is 45.9 Å². The number of anilines is 2. The van der Waals surface area contributed by atoms with E-state index in [1.165, 1.54) is 6.07 Å². The Bertz CT molecular complexity index is 1570. The number of aromatic nitrogens is 2. The van der Waals surface area contributed by atoms with Gasteiger partial charge in [-0.05, 0) is 48.5 Å². The average Bonchev–Trinajstić information content (AvgIpc) is 3.36. The van der Waals surface area contributed by atoms with Crippen LogP contribution in [0.2, 0.25) is 5.02 Å². The van der Waals surface area contributed by atoms with E-state index in [0.717, 1.165) is 44.9 Å². The topological polar surface area (TPSA) is 113 Å². The summed E-state index contributed by atoms with van der Waals surface area (Å²) in [6.07, 6.45) is 0.216. The molecular formula is C28H27ClF3N7O3. The molecule has 2 aromatic carbocycles. The van der Waals surface area contributed by atoms with Gasteiger partial charge in [-0.1, -0.05) is 11.6 Å². The van der Waals surface area contributed by atoms with E-state index in [-0.39, 0.29) is 5.69 Å². The number of hydroxylamine groups is 1. The highest BCUT2D eigenvalue weighted by Crippen LogP contribution is 2.36. The number of hydrogen-bond acceptors (Lipinski definition) is 7. The molecule has 5 rings (SSSR count). The van der Waals surface area contributed by atoms with E-state index in [1.54, 1.807) is 53.5 Å². The van der Waals surface area contributed by atoms with Gasteiger partial charge in [0.05, 0.1) is 27.9 Å². The number of amides is 2. The van der Waals surface area contributed by atoms with Crippen molar-refractivity contribution in [1.82, 2.24) is 25.2 Å². The molecule has 3 heterocycles. The molecule has 1 saturated heterocycles. The first-order chi connectivity index (χ1) is 20.2. The second kappa shape index (κ2) is 12.8. The fourth-order valence-corrected chi connectivity index (χ4v) is 4.80. The van der Waals surface area contributed by atoms with Crippen molar-refractivity contribution in [2.75, 3.05) is 49.9 Å². The van der Waals surface area contributed by atoms with Crippen molar-refractivity contribution in [3.8, 4) is 5.69 Å². The van der Waals surface area contributed by atoms with Gasteiger partial charge in [-0.15, -0.1) is 0 Å². The standard InChI is InChI=1S/C28H27ClF3N7O3/c29-24-6-3-19(15-23(24)28(30,31)32)37-27(41)36-18-1-4-20(5-2-18)39-17-22(21-7-8-34-16-25(21)39)26(40)42-35-11-14-38-12-9-33-10-13-38/h1-8,15-17,33,35H,9-14H2,(H2,36,37,41). The Morgan fingerprint density at radius 1 is 1.02 bits per heavy atom. The lowest BCUT2D eigenvalue weighted by Gasteiger charge is -2.26.